The van der Waals surface area contributed by atoms with Crippen molar-refractivity contribution >= 4 is 23.1 Å². The van der Waals surface area contributed by atoms with Gasteiger partial charge in [0.1, 0.15) is 0 Å². The van der Waals surface area contributed by atoms with Crippen molar-refractivity contribution in [3.63, 3.8) is 0 Å². The first-order chi connectivity index (χ1) is 10.0. The normalized spacial score (nSPS) is 17.3. The van der Waals surface area contributed by atoms with Crippen molar-refractivity contribution in [2.75, 3.05) is 13.2 Å². The molecule has 0 amide bonds. The number of allylic oxidation sites excluding steroid dienone is 1. The third kappa shape index (κ3) is 3.59. The van der Waals surface area contributed by atoms with E-state index in [-0.39, 0.29) is 5.97 Å². The minimum absolute atomic E-state index is 0.248. The van der Waals surface area contributed by atoms with E-state index in [4.69, 9.17) is 16.3 Å². The van der Waals surface area contributed by atoms with Crippen LogP contribution in [-0.2, 0) is 9.53 Å². The standard InChI is InChI=1S/C17H22ClNO2/c1-4-21-17(20)16(13-7-9-14(18)10-8-13)15-6-5-11-19(15)12(2)3/h7-10,12H,4-6,11H2,1-3H3. The molecule has 0 radical (unpaired) electrons. The Balaban J connectivity index is 2.50. The van der Waals surface area contributed by atoms with E-state index in [9.17, 15) is 4.79 Å². The number of esters is 1. The predicted octanol–water partition coefficient (Wildman–Crippen LogP) is 4.12. The Morgan fingerprint density at radius 1 is 1.33 bits per heavy atom. The molecule has 3 nitrogen and oxygen atoms in total. The predicted molar refractivity (Wildman–Crippen MR) is 86.1 cm³/mol. The number of benzene rings is 1. The molecule has 2 rings (SSSR count). The second-order valence-corrected chi connectivity index (χ2v) is 5.88. The highest BCUT2D eigenvalue weighted by Crippen LogP contribution is 2.32. The summed E-state index contributed by atoms with van der Waals surface area (Å²) in [4.78, 5) is 14.7. The van der Waals surface area contributed by atoms with Gasteiger partial charge in [-0.3, -0.25) is 0 Å². The summed E-state index contributed by atoms with van der Waals surface area (Å²) < 4.78 is 5.27. The fraction of sp³-hybridized carbons (Fsp3) is 0.471. The molecule has 1 aliphatic rings. The van der Waals surface area contributed by atoms with Crippen LogP contribution in [0.15, 0.2) is 30.0 Å². The minimum Gasteiger partial charge on any atom is -0.462 e. The van der Waals surface area contributed by atoms with E-state index in [0.29, 0.717) is 23.2 Å². The van der Waals surface area contributed by atoms with Gasteiger partial charge in [0.05, 0.1) is 12.2 Å². The van der Waals surface area contributed by atoms with Crippen molar-refractivity contribution in [3.8, 4) is 0 Å². The van der Waals surface area contributed by atoms with Gasteiger partial charge in [-0.1, -0.05) is 23.7 Å². The van der Waals surface area contributed by atoms with E-state index in [1.165, 1.54) is 0 Å². The first-order valence-corrected chi connectivity index (χ1v) is 7.85. The fourth-order valence-electron chi connectivity index (χ4n) is 2.76. The number of nitrogens with zero attached hydrogens (tertiary/aromatic N) is 1. The van der Waals surface area contributed by atoms with E-state index >= 15 is 0 Å². The van der Waals surface area contributed by atoms with Crippen molar-refractivity contribution < 1.29 is 9.53 Å². The lowest BCUT2D eigenvalue weighted by Crippen LogP contribution is -2.28. The van der Waals surface area contributed by atoms with E-state index in [2.05, 4.69) is 18.7 Å². The Hall–Kier alpha value is -1.48. The highest BCUT2D eigenvalue weighted by atomic mass is 35.5. The van der Waals surface area contributed by atoms with Crippen LogP contribution in [0.5, 0.6) is 0 Å². The number of hydrogen-bond acceptors (Lipinski definition) is 3. The zero-order chi connectivity index (χ0) is 15.4. The Morgan fingerprint density at radius 2 is 2.00 bits per heavy atom. The molecule has 1 saturated heterocycles. The number of halogens is 1. The van der Waals surface area contributed by atoms with Gasteiger partial charge in [-0.15, -0.1) is 0 Å². The third-order valence-electron chi connectivity index (χ3n) is 3.68. The van der Waals surface area contributed by atoms with Crippen LogP contribution in [0.25, 0.3) is 5.57 Å². The summed E-state index contributed by atoms with van der Waals surface area (Å²) in [5.74, 6) is -0.248. The minimum atomic E-state index is -0.248. The van der Waals surface area contributed by atoms with Gasteiger partial charge in [-0.05, 0) is 51.3 Å². The van der Waals surface area contributed by atoms with Crippen molar-refractivity contribution in [1.29, 1.82) is 0 Å². The topological polar surface area (TPSA) is 29.5 Å². The number of carbonyl (C=O) groups excluding carboxylic acids is 1. The lowest BCUT2D eigenvalue weighted by atomic mass is 10.0. The molecule has 0 aliphatic carbocycles. The molecule has 0 saturated carbocycles. The first-order valence-electron chi connectivity index (χ1n) is 7.47. The molecule has 0 N–H and O–H groups in total. The van der Waals surface area contributed by atoms with Gasteiger partial charge in [-0.2, -0.15) is 0 Å². The number of hydrogen-bond donors (Lipinski definition) is 0. The summed E-state index contributed by atoms with van der Waals surface area (Å²) in [6.07, 6.45) is 1.99. The SMILES string of the molecule is CCOC(=O)C(=C1CCCN1C(C)C)c1ccc(Cl)cc1. The summed E-state index contributed by atoms with van der Waals surface area (Å²) in [7, 11) is 0. The van der Waals surface area contributed by atoms with Crippen LogP contribution in [0.4, 0.5) is 0 Å². The lowest BCUT2D eigenvalue weighted by molar-refractivity contribution is -0.136. The lowest BCUT2D eigenvalue weighted by Gasteiger charge is -2.27. The van der Waals surface area contributed by atoms with Gasteiger partial charge in [0, 0.05) is 23.3 Å². The van der Waals surface area contributed by atoms with Gasteiger partial charge in [0.15, 0.2) is 0 Å². The molecule has 21 heavy (non-hydrogen) atoms. The quantitative estimate of drug-likeness (QED) is 0.619. The summed E-state index contributed by atoms with van der Waals surface area (Å²) in [6, 6.07) is 7.77. The first kappa shape index (κ1) is 15.9. The van der Waals surface area contributed by atoms with E-state index < -0.39 is 0 Å². The highest BCUT2D eigenvalue weighted by molar-refractivity contribution is 6.30. The van der Waals surface area contributed by atoms with Gasteiger partial charge < -0.3 is 9.64 Å². The summed E-state index contributed by atoms with van der Waals surface area (Å²) in [5, 5.41) is 0.666. The summed E-state index contributed by atoms with van der Waals surface area (Å²) in [5.41, 5.74) is 2.64. The maximum Gasteiger partial charge on any atom is 0.340 e. The molecule has 0 atom stereocenters. The number of ether oxygens (including phenoxy) is 1. The van der Waals surface area contributed by atoms with E-state index in [0.717, 1.165) is 30.6 Å². The number of likely N-dealkylation sites (tertiary alicyclic amines) is 1. The van der Waals surface area contributed by atoms with Crippen LogP contribution >= 0.6 is 11.6 Å². The molecular formula is C17H22ClNO2. The summed E-state index contributed by atoms with van der Waals surface area (Å²) in [6.45, 7) is 7.50. The van der Waals surface area contributed by atoms with Crippen molar-refractivity contribution in [2.45, 2.75) is 39.7 Å². The second-order valence-electron chi connectivity index (χ2n) is 5.44. The monoisotopic (exact) mass is 307 g/mol. The molecule has 1 aromatic rings. The molecular weight excluding hydrogens is 286 g/mol. The molecule has 1 aromatic carbocycles. The molecule has 0 unspecified atom stereocenters. The molecule has 1 heterocycles. The maximum atomic E-state index is 12.4. The zero-order valence-electron chi connectivity index (χ0n) is 12.9. The average Bonchev–Trinajstić information content (AvgIpc) is 2.91. The van der Waals surface area contributed by atoms with E-state index in [1.54, 1.807) is 0 Å². The molecule has 4 heteroatoms. The molecule has 114 valence electrons. The van der Waals surface area contributed by atoms with Gasteiger partial charge >= 0.3 is 5.97 Å². The van der Waals surface area contributed by atoms with Gasteiger partial charge in [0.2, 0.25) is 0 Å². The van der Waals surface area contributed by atoms with Crippen LogP contribution < -0.4 is 0 Å². The Labute approximate surface area is 131 Å². The molecule has 1 aliphatic heterocycles. The zero-order valence-corrected chi connectivity index (χ0v) is 13.6. The Morgan fingerprint density at radius 3 is 2.57 bits per heavy atom. The van der Waals surface area contributed by atoms with Gasteiger partial charge in [-0.25, -0.2) is 4.79 Å². The molecule has 0 spiro atoms. The van der Waals surface area contributed by atoms with Crippen molar-refractivity contribution in [1.82, 2.24) is 4.90 Å². The van der Waals surface area contributed by atoms with Crippen LogP contribution in [0.1, 0.15) is 39.2 Å². The summed E-state index contributed by atoms with van der Waals surface area (Å²) >= 11 is 5.95. The van der Waals surface area contributed by atoms with Crippen LogP contribution in [0, 0.1) is 0 Å². The van der Waals surface area contributed by atoms with Crippen molar-refractivity contribution in [2.24, 2.45) is 0 Å². The average molecular weight is 308 g/mol. The smallest absolute Gasteiger partial charge is 0.340 e. The maximum absolute atomic E-state index is 12.4. The molecule has 0 aromatic heterocycles. The van der Waals surface area contributed by atoms with E-state index in [1.807, 2.05) is 31.2 Å². The number of rotatable bonds is 4. The van der Waals surface area contributed by atoms with Crippen molar-refractivity contribution in [3.05, 3.63) is 40.5 Å². The Bertz CT molecular complexity index is 534. The highest BCUT2D eigenvalue weighted by Gasteiger charge is 2.27. The van der Waals surface area contributed by atoms with Gasteiger partial charge in [0.25, 0.3) is 0 Å². The van der Waals surface area contributed by atoms with Crippen LogP contribution in [0.2, 0.25) is 5.02 Å². The van der Waals surface area contributed by atoms with Crippen LogP contribution in [-0.4, -0.2) is 30.1 Å². The Kier molecular flexibility index (Phi) is 5.29. The van der Waals surface area contributed by atoms with Crippen LogP contribution in [0.3, 0.4) is 0 Å². The number of carbonyl (C=O) groups is 1. The third-order valence-corrected chi connectivity index (χ3v) is 3.94. The molecule has 0 bridgehead atoms. The molecule has 1 fully saturated rings. The fourth-order valence-corrected chi connectivity index (χ4v) is 2.88. The second kappa shape index (κ2) is 6.99. The largest absolute Gasteiger partial charge is 0.462 e.